The van der Waals surface area contributed by atoms with Crippen LogP contribution < -0.4 is 5.32 Å². The number of urea groups is 1. The molecule has 5 heteroatoms. The lowest BCUT2D eigenvalue weighted by Gasteiger charge is -2.24. The molecule has 1 atom stereocenters. The number of carbonyl (C=O) groups excluding carboxylic acids is 2. The van der Waals surface area contributed by atoms with Crippen LogP contribution in [0, 0.1) is 0 Å². The van der Waals surface area contributed by atoms with Crippen LogP contribution in [-0.2, 0) is 4.79 Å². The van der Waals surface area contributed by atoms with E-state index in [2.05, 4.69) is 18.5 Å². The van der Waals surface area contributed by atoms with Gasteiger partial charge in [0.25, 0.3) is 0 Å². The molecule has 1 heterocycles. The van der Waals surface area contributed by atoms with Gasteiger partial charge in [0.15, 0.2) is 0 Å². The molecule has 1 unspecified atom stereocenters. The van der Waals surface area contributed by atoms with Crippen molar-refractivity contribution in [2.24, 2.45) is 0 Å². The Morgan fingerprint density at radius 2 is 2.05 bits per heavy atom. The fourth-order valence-electron chi connectivity index (χ4n) is 2.15. The van der Waals surface area contributed by atoms with Gasteiger partial charge in [-0.2, -0.15) is 0 Å². The first-order valence-corrected chi connectivity index (χ1v) is 6.56. The van der Waals surface area contributed by atoms with Crippen LogP contribution >= 0.6 is 0 Å². The van der Waals surface area contributed by atoms with Gasteiger partial charge in [-0.3, -0.25) is 4.79 Å². The van der Waals surface area contributed by atoms with Gasteiger partial charge in [0.1, 0.15) is 0 Å². The van der Waals surface area contributed by atoms with Crippen molar-refractivity contribution in [3.8, 4) is 0 Å². The quantitative estimate of drug-likeness (QED) is 0.738. The van der Waals surface area contributed by atoms with Gasteiger partial charge in [-0.15, -0.1) is 13.2 Å². The summed E-state index contributed by atoms with van der Waals surface area (Å²) in [6.07, 6.45) is 3.71. The Labute approximate surface area is 114 Å². The number of amides is 3. The van der Waals surface area contributed by atoms with Gasteiger partial charge in [0, 0.05) is 32.1 Å². The van der Waals surface area contributed by atoms with Crippen molar-refractivity contribution in [2.75, 3.05) is 19.6 Å². The van der Waals surface area contributed by atoms with E-state index in [1.165, 1.54) is 0 Å². The zero-order chi connectivity index (χ0) is 14.4. The molecule has 0 aromatic rings. The Balaban J connectivity index is 2.55. The molecule has 0 aliphatic carbocycles. The molecule has 0 spiro atoms. The van der Waals surface area contributed by atoms with Crippen LogP contribution in [0.25, 0.3) is 0 Å². The first-order valence-electron chi connectivity index (χ1n) is 6.56. The summed E-state index contributed by atoms with van der Waals surface area (Å²) in [7, 11) is 0. The molecule has 19 heavy (non-hydrogen) atoms. The van der Waals surface area contributed by atoms with Gasteiger partial charge in [-0.25, -0.2) is 4.79 Å². The normalized spacial score (nSPS) is 18.6. The number of carbonyl (C=O) groups is 2. The summed E-state index contributed by atoms with van der Waals surface area (Å²) in [5.41, 5.74) is 0. The van der Waals surface area contributed by atoms with E-state index in [1.54, 1.807) is 22.0 Å². The zero-order valence-electron chi connectivity index (χ0n) is 11.8. The number of hydrogen-bond donors (Lipinski definition) is 1. The Hall–Kier alpha value is -1.78. The summed E-state index contributed by atoms with van der Waals surface area (Å²) < 4.78 is 0. The van der Waals surface area contributed by atoms with E-state index in [4.69, 9.17) is 0 Å². The summed E-state index contributed by atoms with van der Waals surface area (Å²) in [6.45, 7) is 12.7. The summed E-state index contributed by atoms with van der Waals surface area (Å²) in [5, 5.41) is 2.89. The highest BCUT2D eigenvalue weighted by Gasteiger charge is 2.32. The van der Waals surface area contributed by atoms with Crippen LogP contribution in [0.1, 0.15) is 20.3 Å². The van der Waals surface area contributed by atoms with Crippen molar-refractivity contribution in [1.29, 1.82) is 0 Å². The smallest absolute Gasteiger partial charge is 0.318 e. The molecule has 106 valence electrons. The Morgan fingerprint density at radius 3 is 2.47 bits per heavy atom. The average molecular weight is 265 g/mol. The van der Waals surface area contributed by atoms with E-state index in [1.807, 2.05) is 13.8 Å². The Morgan fingerprint density at radius 1 is 1.47 bits per heavy atom. The van der Waals surface area contributed by atoms with Gasteiger partial charge >= 0.3 is 6.03 Å². The van der Waals surface area contributed by atoms with Crippen LogP contribution in [0.5, 0.6) is 0 Å². The first-order chi connectivity index (χ1) is 8.99. The number of rotatable bonds is 6. The molecule has 1 fully saturated rings. The summed E-state index contributed by atoms with van der Waals surface area (Å²) in [5.74, 6) is 0.0966. The van der Waals surface area contributed by atoms with Crippen LogP contribution in [0.15, 0.2) is 25.3 Å². The molecule has 1 N–H and O–H groups in total. The third-order valence-electron chi connectivity index (χ3n) is 3.10. The minimum absolute atomic E-state index is 0.0966. The van der Waals surface area contributed by atoms with Gasteiger partial charge in [0.05, 0.1) is 6.04 Å². The molecule has 3 amide bonds. The monoisotopic (exact) mass is 265 g/mol. The summed E-state index contributed by atoms with van der Waals surface area (Å²) in [4.78, 5) is 27.2. The molecule has 0 aromatic heterocycles. The SMILES string of the molecule is C=CCN(CC=C)C(=O)NC1CC(=O)N(C(C)C)C1. The fourth-order valence-corrected chi connectivity index (χ4v) is 2.15. The maximum absolute atomic E-state index is 12.1. The lowest BCUT2D eigenvalue weighted by Crippen LogP contribution is -2.46. The summed E-state index contributed by atoms with van der Waals surface area (Å²) in [6, 6.07) is -0.116. The Kier molecular flexibility index (Phi) is 5.60. The van der Waals surface area contributed by atoms with Gasteiger partial charge in [0.2, 0.25) is 5.91 Å². The highest BCUT2D eigenvalue weighted by molar-refractivity contribution is 5.82. The van der Waals surface area contributed by atoms with E-state index in [9.17, 15) is 9.59 Å². The van der Waals surface area contributed by atoms with Gasteiger partial charge < -0.3 is 15.1 Å². The zero-order valence-corrected chi connectivity index (χ0v) is 11.8. The van der Waals surface area contributed by atoms with E-state index < -0.39 is 0 Å². The topological polar surface area (TPSA) is 52.7 Å². The molecule has 1 aliphatic heterocycles. The Bertz CT molecular complexity index is 356. The van der Waals surface area contributed by atoms with Crippen molar-refractivity contribution < 1.29 is 9.59 Å². The van der Waals surface area contributed by atoms with E-state index in [0.717, 1.165) is 0 Å². The molecule has 1 saturated heterocycles. The molecule has 0 aromatic carbocycles. The molecule has 1 aliphatic rings. The fraction of sp³-hybridized carbons (Fsp3) is 0.571. The van der Waals surface area contributed by atoms with Crippen molar-refractivity contribution >= 4 is 11.9 Å². The molecule has 5 nitrogen and oxygen atoms in total. The van der Waals surface area contributed by atoms with E-state index in [-0.39, 0.29) is 24.0 Å². The van der Waals surface area contributed by atoms with E-state index in [0.29, 0.717) is 26.1 Å². The lowest BCUT2D eigenvalue weighted by molar-refractivity contribution is -0.129. The van der Waals surface area contributed by atoms with Crippen molar-refractivity contribution in [3.05, 3.63) is 25.3 Å². The third-order valence-corrected chi connectivity index (χ3v) is 3.10. The van der Waals surface area contributed by atoms with Gasteiger partial charge in [-0.05, 0) is 13.8 Å². The second kappa shape index (κ2) is 6.97. The highest BCUT2D eigenvalue weighted by Crippen LogP contribution is 2.14. The van der Waals surface area contributed by atoms with Crippen molar-refractivity contribution in [3.63, 3.8) is 0 Å². The molecular formula is C14H23N3O2. The predicted molar refractivity (Wildman–Crippen MR) is 75.8 cm³/mol. The van der Waals surface area contributed by atoms with Gasteiger partial charge in [-0.1, -0.05) is 12.2 Å². The number of likely N-dealkylation sites (tertiary alicyclic amines) is 1. The maximum atomic E-state index is 12.1. The first kappa shape index (κ1) is 15.3. The third kappa shape index (κ3) is 4.12. The molecule has 0 radical (unpaired) electrons. The largest absolute Gasteiger partial charge is 0.338 e. The van der Waals surface area contributed by atoms with E-state index >= 15 is 0 Å². The minimum Gasteiger partial charge on any atom is -0.338 e. The second-order valence-corrected chi connectivity index (χ2v) is 4.97. The van der Waals surface area contributed by atoms with Crippen LogP contribution in [-0.4, -0.2) is 53.5 Å². The molecule has 0 bridgehead atoms. The second-order valence-electron chi connectivity index (χ2n) is 4.97. The standard InChI is InChI=1S/C14H23N3O2/c1-5-7-16(8-6-2)14(19)15-12-9-13(18)17(10-12)11(3)4/h5-6,11-12H,1-2,7-10H2,3-4H3,(H,15,19). The average Bonchev–Trinajstić information content (AvgIpc) is 2.70. The summed E-state index contributed by atoms with van der Waals surface area (Å²) >= 11 is 0. The predicted octanol–water partition coefficient (Wildman–Crippen LogP) is 1.38. The number of nitrogens with one attached hydrogen (secondary N) is 1. The van der Waals surface area contributed by atoms with Crippen LogP contribution in [0.3, 0.4) is 0 Å². The van der Waals surface area contributed by atoms with Crippen molar-refractivity contribution in [1.82, 2.24) is 15.1 Å². The maximum Gasteiger partial charge on any atom is 0.318 e. The van der Waals surface area contributed by atoms with Crippen molar-refractivity contribution in [2.45, 2.75) is 32.4 Å². The highest BCUT2D eigenvalue weighted by atomic mass is 16.2. The minimum atomic E-state index is -0.178. The number of hydrogen-bond acceptors (Lipinski definition) is 2. The van der Waals surface area contributed by atoms with Crippen LogP contribution in [0.4, 0.5) is 4.79 Å². The molecule has 0 saturated carbocycles. The number of nitrogens with zero attached hydrogens (tertiary/aromatic N) is 2. The molecular weight excluding hydrogens is 242 g/mol. The van der Waals surface area contributed by atoms with Crippen LogP contribution in [0.2, 0.25) is 0 Å². The lowest BCUT2D eigenvalue weighted by atomic mass is 10.2. The molecule has 1 rings (SSSR count).